The third-order valence-electron chi connectivity index (χ3n) is 2.82. The second-order valence-electron chi connectivity index (χ2n) is 4.10. The molecule has 1 fully saturated rings. The summed E-state index contributed by atoms with van der Waals surface area (Å²) in [4.78, 5) is 12.1. The molecule has 1 aliphatic rings. The lowest BCUT2D eigenvalue weighted by Gasteiger charge is -2.15. The zero-order chi connectivity index (χ0) is 12.0. The number of amides is 1. The molecule has 3 unspecified atom stereocenters. The van der Waals surface area contributed by atoms with Gasteiger partial charge in [-0.1, -0.05) is 15.9 Å². The molecule has 1 amide bonds. The predicted octanol–water partition coefficient (Wildman–Crippen LogP) is 1.33. The Kier molecular flexibility index (Phi) is 6.31. The summed E-state index contributed by atoms with van der Waals surface area (Å²) in [6, 6.07) is 0. The van der Waals surface area contributed by atoms with Crippen molar-refractivity contribution in [3.05, 3.63) is 0 Å². The lowest BCUT2D eigenvalue weighted by Crippen LogP contribution is -2.35. The summed E-state index contributed by atoms with van der Waals surface area (Å²) in [6.07, 6.45) is 1.77. The Balaban J connectivity index is 2.15. The van der Waals surface area contributed by atoms with Crippen LogP contribution in [0.5, 0.6) is 0 Å². The first kappa shape index (κ1) is 13.9. The van der Waals surface area contributed by atoms with E-state index in [-0.39, 0.29) is 17.9 Å². The zero-order valence-corrected chi connectivity index (χ0v) is 11.5. The van der Waals surface area contributed by atoms with E-state index >= 15 is 0 Å². The first-order valence-electron chi connectivity index (χ1n) is 5.67. The molecule has 1 aliphatic heterocycles. The van der Waals surface area contributed by atoms with Crippen molar-refractivity contribution >= 4 is 21.8 Å². The van der Waals surface area contributed by atoms with E-state index in [9.17, 15) is 4.79 Å². The molecule has 94 valence electrons. The first-order valence-corrected chi connectivity index (χ1v) is 6.59. The number of ether oxygens (including phenoxy) is 2. The van der Waals surface area contributed by atoms with Crippen LogP contribution < -0.4 is 5.32 Å². The van der Waals surface area contributed by atoms with Crippen molar-refractivity contribution in [3.8, 4) is 0 Å². The van der Waals surface area contributed by atoms with E-state index in [1.54, 1.807) is 7.11 Å². The van der Waals surface area contributed by atoms with Crippen LogP contribution in [0.15, 0.2) is 0 Å². The van der Waals surface area contributed by atoms with Crippen molar-refractivity contribution in [3.63, 3.8) is 0 Å². The summed E-state index contributed by atoms with van der Waals surface area (Å²) in [6.45, 7) is 4.00. The fraction of sp³-hybridized carbons (Fsp3) is 0.909. The van der Waals surface area contributed by atoms with Crippen molar-refractivity contribution in [2.45, 2.75) is 30.7 Å². The molecule has 1 N–H and O–H groups in total. The topological polar surface area (TPSA) is 47.6 Å². The molecule has 0 spiro atoms. The summed E-state index contributed by atoms with van der Waals surface area (Å²) in [5.41, 5.74) is 0. The van der Waals surface area contributed by atoms with Gasteiger partial charge in [-0.15, -0.1) is 0 Å². The smallest absolute Gasteiger partial charge is 0.225 e. The third-order valence-corrected chi connectivity index (χ3v) is 3.54. The number of hydrogen-bond acceptors (Lipinski definition) is 3. The molecule has 4 nitrogen and oxygen atoms in total. The number of alkyl halides is 1. The maximum absolute atomic E-state index is 11.8. The molecule has 0 bridgehead atoms. The molecular weight excluding hydrogens is 274 g/mol. The van der Waals surface area contributed by atoms with Crippen LogP contribution in [0.1, 0.15) is 19.8 Å². The Bertz CT molecular complexity index is 225. The van der Waals surface area contributed by atoms with E-state index < -0.39 is 0 Å². The number of nitrogens with one attached hydrogen (secondary N) is 1. The van der Waals surface area contributed by atoms with Crippen LogP contribution >= 0.6 is 15.9 Å². The van der Waals surface area contributed by atoms with Crippen LogP contribution in [0.25, 0.3) is 0 Å². The molecule has 1 rings (SSSR count). The van der Waals surface area contributed by atoms with E-state index in [2.05, 4.69) is 21.2 Å². The Morgan fingerprint density at radius 1 is 1.69 bits per heavy atom. The van der Waals surface area contributed by atoms with Crippen LogP contribution in [-0.2, 0) is 14.3 Å². The minimum atomic E-state index is 0.0243. The van der Waals surface area contributed by atoms with Gasteiger partial charge < -0.3 is 14.8 Å². The van der Waals surface area contributed by atoms with Crippen molar-refractivity contribution in [1.82, 2.24) is 5.32 Å². The minimum absolute atomic E-state index is 0.0243. The quantitative estimate of drug-likeness (QED) is 0.752. The highest BCUT2D eigenvalue weighted by Crippen LogP contribution is 2.20. The Labute approximate surface area is 105 Å². The Hall–Kier alpha value is -0.130. The normalized spacial score (nSPS) is 26.7. The van der Waals surface area contributed by atoms with Gasteiger partial charge in [-0.2, -0.15) is 0 Å². The van der Waals surface area contributed by atoms with Gasteiger partial charge in [0.05, 0.1) is 18.6 Å². The maximum atomic E-state index is 11.8. The molecule has 0 aromatic heterocycles. The second kappa shape index (κ2) is 7.25. The van der Waals surface area contributed by atoms with Gasteiger partial charge in [-0.05, 0) is 19.8 Å². The van der Waals surface area contributed by atoms with Gasteiger partial charge in [0, 0.05) is 25.1 Å². The molecule has 0 radical (unpaired) electrons. The molecule has 3 atom stereocenters. The highest BCUT2D eigenvalue weighted by molar-refractivity contribution is 9.09. The van der Waals surface area contributed by atoms with Gasteiger partial charge in [0.2, 0.25) is 5.91 Å². The minimum Gasteiger partial charge on any atom is -0.384 e. The van der Waals surface area contributed by atoms with Gasteiger partial charge in [0.15, 0.2) is 0 Å². The molecular formula is C11H20BrNO3. The van der Waals surface area contributed by atoms with Crippen molar-refractivity contribution in [2.75, 3.05) is 26.9 Å². The summed E-state index contributed by atoms with van der Waals surface area (Å²) in [7, 11) is 1.67. The summed E-state index contributed by atoms with van der Waals surface area (Å²) in [5, 5.41) is 2.94. The molecule has 0 aromatic rings. The van der Waals surface area contributed by atoms with Gasteiger partial charge in [-0.3, -0.25) is 4.79 Å². The molecule has 0 saturated carbocycles. The molecule has 1 saturated heterocycles. The first-order chi connectivity index (χ1) is 7.65. The van der Waals surface area contributed by atoms with Crippen molar-refractivity contribution in [1.29, 1.82) is 0 Å². The highest BCUT2D eigenvalue weighted by atomic mass is 79.9. The van der Waals surface area contributed by atoms with Crippen LogP contribution in [0.2, 0.25) is 0 Å². The van der Waals surface area contributed by atoms with Crippen LogP contribution in [-0.4, -0.2) is 43.7 Å². The molecule has 5 heteroatoms. The fourth-order valence-corrected chi connectivity index (χ4v) is 2.32. The number of halogens is 1. The summed E-state index contributed by atoms with van der Waals surface area (Å²) < 4.78 is 10.4. The monoisotopic (exact) mass is 293 g/mol. The number of hydrogen-bond donors (Lipinski definition) is 1. The summed E-state index contributed by atoms with van der Waals surface area (Å²) in [5.74, 6) is 0.137. The van der Waals surface area contributed by atoms with E-state index in [4.69, 9.17) is 9.47 Å². The SMILES string of the molecule is COCC(Br)CCNC(=O)C1CCOC1C. The maximum Gasteiger partial charge on any atom is 0.225 e. The highest BCUT2D eigenvalue weighted by Gasteiger charge is 2.30. The van der Waals surface area contributed by atoms with Gasteiger partial charge in [-0.25, -0.2) is 0 Å². The van der Waals surface area contributed by atoms with Crippen LogP contribution in [0, 0.1) is 5.92 Å². The van der Waals surface area contributed by atoms with E-state index in [0.29, 0.717) is 24.6 Å². The second-order valence-corrected chi connectivity index (χ2v) is 5.40. The fourth-order valence-electron chi connectivity index (χ4n) is 1.82. The summed E-state index contributed by atoms with van der Waals surface area (Å²) >= 11 is 3.48. The van der Waals surface area contributed by atoms with Gasteiger partial charge in [0.1, 0.15) is 0 Å². The predicted molar refractivity (Wildman–Crippen MR) is 65.7 cm³/mol. The van der Waals surface area contributed by atoms with E-state index in [1.165, 1.54) is 0 Å². The van der Waals surface area contributed by atoms with Crippen molar-refractivity contribution in [2.24, 2.45) is 5.92 Å². The van der Waals surface area contributed by atoms with E-state index in [0.717, 1.165) is 12.8 Å². The number of rotatable bonds is 6. The van der Waals surface area contributed by atoms with E-state index in [1.807, 2.05) is 6.92 Å². The number of methoxy groups -OCH3 is 1. The van der Waals surface area contributed by atoms with Gasteiger partial charge in [0.25, 0.3) is 0 Å². The molecule has 1 heterocycles. The average Bonchev–Trinajstić information content (AvgIpc) is 2.64. The van der Waals surface area contributed by atoms with Crippen LogP contribution in [0.4, 0.5) is 0 Å². The molecule has 0 aromatic carbocycles. The molecule has 16 heavy (non-hydrogen) atoms. The Morgan fingerprint density at radius 2 is 2.44 bits per heavy atom. The largest absolute Gasteiger partial charge is 0.384 e. The lowest BCUT2D eigenvalue weighted by molar-refractivity contribution is -0.126. The van der Waals surface area contributed by atoms with Gasteiger partial charge >= 0.3 is 0 Å². The third kappa shape index (κ3) is 4.39. The number of carbonyl (C=O) groups is 1. The lowest BCUT2D eigenvalue weighted by atomic mass is 10.0. The standard InChI is InChI=1S/C11H20BrNO3/c1-8-10(4-6-16-8)11(14)13-5-3-9(12)7-15-2/h8-10H,3-7H2,1-2H3,(H,13,14). The average molecular weight is 294 g/mol. The molecule has 0 aliphatic carbocycles. The zero-order valence-electron chi connectivity index (χ0n) is 9.87. The van der Waals surface area contributed by atoms with Crippen LogP contribution in [0.3, 0.4) is 0 Å². The van der Waals surface area contributed by atoms with Crippen molar-refractivity contribution < 1.29 is 14.3 Å². The Morgan fingerprint density at radius 3 is 3.00 bits per heavy atom. The number of carbonyl (C=O) groups excluding carboxylic acids is 1.